The summed E-state index contributed by atoms with van der Waals surface area (Å²) in [7, 11) is -3.79. The van der Waals surface area contributed by atoms with Gasteiger partial charge in [-0.05, 0) is 70.5 Å². The molecule has 0 bridgehead atoms. The van der Waals surface area contributed by atoms with Crippen molar-refractivity contribution in [2.75, 3.05) is 0 Å². The van der Waals surface area contributed by atoms with E-state index in [1.54, 1.807) is 33.2 Å². The van der Waals surface area contributed by atoms with Crippen LogP contribution in [0.3, 0.4) is 0 Å². The van der Waals surface area contributed by atoms with Crippen LogP contribution in [0.25, 0.3) is 0 Å². The summed E-state index contributed by atoms with van der Waals surface area (Å²) in [6, 6.07) is 11.1. The molecule has 2 rings (SSSR count). The third kappa shape index (κ3) is 14.7. The van der Waals surface area contributed by atoms with Gasteiger partial charge in [0.25, 0.3) is 0 Å². The van der Waals surface area contributed by atoms with Gasteiger partial charge >= 0.3 is 0 Å². The highest BCUT2D eigenvalue weighted by Crippen LogP contribution is 2.24. The minimum Gasteiger partial charge on any atom is -0.442 e. The van der Waals surface area contributed by atoms with E-state index < -0.39 is 16.1 Å². The lowest BCUT2D eigenvalue weighted by Crippen LogP contribution is -2.37. The van der Waals surface area contributed by atoms with Crippen molar-refractivity contribution in [1.82, 2.24) is 4.72 Å². The molecule has 2 aromatic rings. The van der Waals surface area contributed by atoms with Crippen molar-refractivity contribution in [2.24, 2.45) is 15.2 Å². The molecule has 10 heteroatoms. The molecule has 37 heavy (non-hydrogen) atoms. The number of halogens is 2. The monoisotopic (exact) mass is 568 g/mol. The topological polar surface area (TPSA) is 92.5 Å². The van der Waals surface area contributed by atoms with Gasteiger partial charge in [-0.3, -0.25) is 4.99 Å². The van der Waals surface area contributed by atoms with Crippen LogP contribution < -0.4 is 9.46 Å². The summed E-state index contributed by atoms with van der Waals surface area (Å²) >= 11 is 11.7. The molecule has 1 N–H and O–H groups in total. The fourth-order valence-electron chi connectivity index (χ4n) is 2.31. The molecule has 0 aromatic heterocycles. The molecule has 0 aliphatic rings. The van der Waals surface area contributed by atoms with Gasteiger partial charge in [-0.1, -0.05) is 61.7 Å². The van der Waals surface area contributed by atoms with Crippen LogP contribution in [0.1, 0.15) is 60.5 Å². The number of sulfonamides is 1. The summed E-state index contributed by atoms with van der Waals surface area (Å²) in [4.78, 5) is 3.80. The van der Waals surface area contributed by atoms with Crippen molar-refractivity contribution < 1.29 is 13.2 Å². The smallest absolute Gasteiger partial charge is 0.241 e. The Hall–Kier alpha value is -2.52. The fraction of sp³-hybridized carbons (Fsp3) is 0.370. The largest absolute Gasteiger partial charge is 0.442 e. The quantitative estimate of drug-likeness (QED) is 0.209. The first-order valence-electron chi connectivity index (χ1n) is 11.8. The highest BCUT2D eigenvalue weighted by atomic mass is 35.5. The number of allylic oxidation sites excluding steroid dienone is 1. The highest BCUT2D eigenvalue weighted by Gasteiger charge is 2.20. The number of nitrogens with zero attached hydrogens (tertiary/aromatic N) is 3. The molecule has 0 aliphatic carbocycles. The Balaban J connectivity index is 0.00000124. The Kier molecular flexibility index (Phi) is 17.4. The van der Waals surface area contributed by atoms with Crippen molar-refractivity contribution in [2.45, 2.75) is 72.7 Å². The van der Waals surface area contributed by atoms with Crippen molar-refractivity contribution in [1.29, 1.82) is 0 Å². The zero-order valence-corrected chi connectivity index (χ0v) is 25.1. The van der Waals surface area contributed by atoms with Crippen molar-refractivity contribution in [3.05, 3.63) is 70.3 Å². The molecule has 0 saturated heterocycles. The Morgan fingerprint density at radius 3 is 2.22 bits per heavy atom. The second-order valence-electron chi connectivity index (χ2n) is 7.79. The van der Waals surface area contributed by atoms with Crippen molar-refractivity contribution >= 4 is 51.0 Å². The van der Waals surface area contributed by atoms with E-state index in [0.29, 0.717) is 17.4 Å². The summed E-state index contributed by atoms with van der Waals surface area (Å²) < 4.78 is 33.1. The SMILES string of the molecule is C/C(=N\N=C(/C)[C@@H](C)NS(=O)(=O)c1ccc(Cl)c(Cl)c1)Oc1cccc(C)c1.CC=N/C=C\C.CCC. The van der Waals surface area contributed by atoms with Gasteiger partial charge in [-0.2, -0.15) is 5.10 Å². The van der Waals surface area contributed by atoms with Crippen molar-refractivity contribution in [3.8, 4) is 5.75 Å². The first-order valence-corrected chi connectivity index (χ1v) is 14.0. The molecule has 0 heterocycles. The van der Waals surface area contributed by atoms with E-state index in [9.17, 15) is 8.42 Å². The van der Waals surface area contributed by atoms with Gasteiger partial charge in [-0.25, -0.2) is 13.1 Å². The lowest BCUT2D eigenvalue weighted by molar-refractivity contribution is 0.543. The molecule has 0 radical (unpaired) electrons. The molecule has 0 saturated carbocycles. The van der Waals surface area contributed by atoms with E-state index >= 15 is 0 Å². The van der Waals surface area contributed by atoms with Crippen molar-refractivity contribution in [3.63, 3.8) is 0 Å². The van der Waals surface area contributed by atoms with E-state index in [1.165, 1.54) is 24.6 Å². The minimum atomic E-state index is -3.79. The Morgan fingerprint density at radius 2 is 1.70 bits per heavy atom. The maximum absolute atomic E-state index is 12.5. The first-order chi connectivity index (χ1) is 17.4. The summed E-state index contributed by atoms with van der Waals surface area (Å²) in [5.41, 5.74) is 1.53. The van der Waals surface area contributed by atoms with Crippen LogP contribution in [0.2, 0.25) is 10.0 Å². The van der Waals surface area contributed by atoms with Gasteiger partial charge < -0.3 is 4.74 Å². The molecule has 0 unspecified atom stereocenters. The number of ether oxygens (including phenoxy) is 1. The number of benzene rings is 2. The predicted octanol–water partition coefficient (Wildman–Crippen LogP) is 7.87. The number of hydrogen-bond acceptors (Lipinski definition) is 6. The molecule has 204 valence electrons. The van der Waals surface area contributed by atoms with E-state index in [4.69, 9.17) is 27.9 Å². The standard InChI is InChI=1S/C19H21Cl2N3O3S.C5H9N.C3H8/c1-12-6-5-7-16(10-12)27-15(4)23-22-13(2)14(3)24-28(25,26)17-8-9-18(20)19(21)11-17;1-3-5-6-4-2;1-3-2/h5-11,14,24H,1-4H3;3-5H,1-2H3;3H2,1-2H3/b22-13+,23-15+;5-3-,6-4?;/t14-;;/m1../s1. The average Bonchev–Trinajstić information content (AvgIpc) is 2.83. The lowest BCUT2D eigenvalue weighted by atomic mass is 10.2. The normalized spacial score (nSPS) is 13.0. The van der Waals surface area contributed by atoms with Crippen LogP contribution in [0.5, 0.6) is 5.75 Å². The zero-order chi connectivity index (χ0) is 28.4. The molecular weight excluding hydrogens is 531 g/mol. The van der Waals surface area contributed by atoms with E-state index in [2.05, 4.69) is 33.8 Å². The van der Waals surface area contributed by atoms with Crippen LogP contribution in [-0.4, -0.2) is 32.3 Å². The molecule has 0 amide bonds. The molecule has 1 atom stereocenters. The van der Waals surface area contributed by atoms with Gasteiger partial charge in [0.15, 0.2) is 0 Å². The zero-order valence-electron chi connectivity index (χ0n) is 22.8. The third-order valence-electron chi connectivity index (χ3n) is 4.15. The number of aryl methyl sites for hydroxylation is 1. The van der Waals surface area contributed by atoms with E-state index in [1.807, 2.05) is 51.1 Å². The van der Waals surface area contributed by atoms with Gasteiger partial charge in [0.1, 0.15) is 5.75 Å². The molecule has 7 nitrogen and oxygen atoms in total. The summed E-state index contributed by atoms with van der Waals surface area (Å²) in [6.07, 6.45) is 6.64. The van der Waals surface area contributed by atoms with Crippen LogP contribution in [0.15, 0.2) is 74.8 Å². The molecule has 0 aliphatic heterocycles. The van der Waals surface area contributed by atoms with Crippen LogP contribution >= 0.6 is 23.2 Å². The molecule has 2 aromatic carbocycles. The molecule has 0 spiro atoms. The lowest BCUT2D eigenvalue weighted by Gasteiger charge is -2.14. The van der Waals surface area contributed by atoms with Gasteiger partial charge in [0.05, 0.1) is 26.7 Å². The first kappa shape index (κ1) is 34.5. The van der Waals surface area contributed by atoms with Crippen LogP contribution in [-0.2, 0) is 10.0 Å². The average molecular weight is 570 g/mol. The second kappa shape index (κ2) is 18.7. The maximum atomic E-state index is 12.5. The van der Waals surface area contributed by atoms with E-state index in [-0.39, 0.29) is 14.9 Å². The minimum absolute atomic E-state index is 0.0176. The predicted molar refractivity (Wildman–Crippen MR) is 159 cm³/mol. The number of nitrogens with one attached hydrogen (secondary N) is 1. The Labute approximate surface area is 232 Å². The number of hydrogen-bond donors (Lipinski definition) is 1. The Morgan fingerprint density at radius 1 is 1.05 bits per heavy atom. The van der Waals surface area contributed by atoms with Gasteiger partial charge in [0.2, 0.25) is 15.9 Å². The van der Waals surface area contributed by atoms with Gasteiger partial charge in [0, 0.05) is 19.3 Å². The fourth-order valence-corrected chi connectivity index (χ4v) is 3.96. The third-order valence-corrected chi connectivity index (χ3v) is 6.43. The van der Waals surface area contributed by atoms with Crippen LogP contribution in [0.4, 0.5) is 0 Å². The summed E-state index contributed by atoms with van der Waals surface area (Å²) in [5, 5.41) is 8.51. The van der Waals surface area contributed by atoms with E-state index in [0.717, 1.165) is 5.56 Å². The molecular formula is C27H38Cl2N4O3S. The number of rotatable bonds is 7. The van der Waals surface area contributed by atoms with Crippen LogP contribution in [0, 0.1) is 6.92 Å². The maximum Gasteiger partial charge on any atom is 0.241 e. The highest BCUT2D eigenvalue weighted by molar-refractivity contribution is 7.89. The number of aliphatic imine (C=N–C) groups is 1. The second-order valence-corrected chi connectivity index (χ2v) is 10.3. The summed E-state index contributed by atoms with van der Waals surface area (Å²) in [6.45, 7) is 15.0. The summed E-state index contributed by atoms with van der Waals surface area (Å²) in [5.74, 6) is 0.993. The Bertz CT molecular complexity index is 1180. The van der Waals surface area contributed by atoms with Gasteiger partial charge in [-0.15, -0.1) is 5.10 Å². The molecule has 0 fully saturated rings.